The molecule has 20 heavy (non-hydrogen) atoms. The van der Waals surface area contributed by atoms with Crippen LogP contribution in [0.2, 0.25) is 0 Å². The van der Waals surface area contributed by atoms with Gasteiger partial charge in [-0.1, -0.05) is 12.1 Å². The highest BCUT2D eigenvalue weighted by Gasteiger charge is 2.23. The highest BCUT2D eigenvalue weighted by atomic mass is 35.5. The van der Waals surface area contributed by atoms with E-state index < -0.39 is 11.6 Å². The Morgan fingerprint density at radius 3 is 2.55 bits per heavy atom. The van der Waals surface area contributed by atoms with E-state index >= 15 is 0 Å². The molecule has 8 heteroatoms. The van der Waals surface area contributed by atoms with Crippen molar-refractivity contribution in [1.82, 2.24) is 10.2 Å². The highest BCUT2D eigenvalue weighted by Crippen LogP contribution is 2.25. The van der Waals surface area contributed by atoms with Gasteiger partial charge in [0.25, 0.3) is 5.69 Å². The molecule has 1 N–H and O–H groups in total. The van der Waals surface area contributed by atoms with Gasteiger partial charge in [0, 0.05) is 38.3 Å². The largest absolute Gasteiger partial charge is 0.314 e. The molecule has 1 aromatic rings. The quantitative estimate of drug-likeness (QED) is 0.682. The zero-order chi connectivity index (χ0) is 13.0. The van der Waals surface area contributed by atoms with Gasteiger partial charge in [-0.25, -0.2) is 4.39 Å². The molecule has 0 amide bonds. The molecular weight excluding hydrogens is 308 g/mol. The standard InChI is InChI=1S/C12H16FN3O2.2ClH/c13-9-12(15-6-4-14-5-7-15)10-2-1-3-11(8-10)16(17)18;;/h1-3,8,12,14H,4-7,9H2;2*1H/t12-;;/m0../s1. The number of nitrogens with one attached hydrogen (secondary N) is 1. The van der Waals surface area contributed by atoms with Crippen LogP contribution in [0.3, 0.4) is 0 Å². The molecule has 0 radical (unpaired) electrons. The molecule has 1 fully saturated rings. The van der Waals surface area contributed by atoms with E-state index in [0.29, 0.717) is 5.56 Å². The van der Waals surface area contributed by atoms with Crippen molar-refractivity contribution in [2.75, 3.05) is 32.9 Å². The number of halogens is 3. The van der Waals surface area contributed by atoms with E-state index in [1.165, 1.54) is 12.1 Å². The Balaban J connectivity index is 0.00000180. The fourth-order valence-corrected chi connectivity index (χ4v) is 2.24. The van der Waals surface area contributed by atoms with Gasteiger partial charge in [-0.15, -0.1) is 24.8 Å². The summed E-state index contributed by atoms with van der Waals surface area (Å²) in [5.41, 5.74) is 0.690. The third-order valence-electron chi connectivity index (χ3n) is 3.20. The second-order valence-corrected chi connectivity index (χ2v) is 4.31. The summed E-state index contributed by atoms with van der Waals surface area (Å²) in [5.74, 6) is 0. The third kappa shape index (κ3) is 4.56. The Bertz CT molecular complexity index is 431. The van der Waals surface area contributed by atoms with Gasteiger partial charge in [-0.3, -0.25) is 15.0 Å². The molecule has 1 aliphatic heterocycles. The molecule has 1 heterocycles. The van der Waals surface area contributed by atoms with Crippen LogP contribution in [0.4, 0.5) is 10.1 Å². The number of nitro benzene ring substituents is 1. The van der Waals surface area contributed by atoms with E-state index in [-0.39, 0.29) is 36.5 Å². The predicted molar refractivity (Wildman–Crippen MR) is 80.8 cm³/mol. The van der Waals surface area contributed by atoms with E-state index in [1.54, 1.807) is 12.1 Å². The number of nitro groups is 1. The van der Waals surface area contributed by atoms with Crippen LogP contribution in [0, 0.1) is 10.1 Å². The van der Waals surface area contributed by atoms with E-state index in [1.807, 2.05) is 4.90 Å². The topological polar surface area (TPSA) is 58.4 Å². The molecule has 0 saturated carbocycles. The minimum atomic E-state index is -0.527. The summed E-state index contributed by atoms with van der Waals surface area (Å²) in [6.45, 7) is 2.65. The van der Waals surface area contributed by atoms with Gasteiger partial charge < -0.3 is 5.32 Å². The second-order valence-electron chi connectivity index (χ2n) is 4.31. The zero-order valence-corrected chi connectivity index (χ0v) is 12.5. The molecule has 0 aromatic heterocycles. The SMILES string of the molecule is Cl.Cl.O=[N+]([O-])c1cccc([C@H](CF)N2CCNCC2)c1. The predicted octanol–water partition coefficient (Wildman–Crippen LogP) is 2.35. The molecule has 1 atom stereocenters. The van der Waals surface area contributed by atoms with Crippen molar-refractivity contribution in [2.24, 2.45) is 0 Å². The lowest BCUT2D eigenvalue weighted by atomic mass is 10.0. The first-order chi connectivity index (χ1) is 8.72. The van der Waals surface area contributed by atoms with Crippen molar-refractivity contribution in [1.29, 1.82) is 0 Å². The average Bonchev–Trinajstić information content (AvgIpc) is 2.41. The maximum atomic E-state index is 13.2. The maximum Gasteiger partial charge on any atom is 0.269 e. The average molecular weight is 326 g/mol. The van der Waals surface area contributed by atoms with E-state index in [2.05, 4.69) is 5.32 Å². The molecule has 0 unspecified atom stereocenters. The highest BCUT2D eigenvalue weighted by molar-refractivity contribution is 5.85. The number of nitrogens with zero attached hydrogens (tertiary/aromatic N) is 2. The molecule has 1 saturated heterocycles. The van der Waals surface area contributed by atoms with Crippen LogP contribution in [-0.4, -0.2) is 42.7 Å². The Labute approximate surface area is 129 Å². The molecular formula is C12H18Cl2FN3O2. The van der Waals surface area contributed by atoms with Crippen molar-refractivity contribution in [3.05, 3.63) is 39.9 Å². The van der Waals surface area contributed by atoms with Gasteiger partial charge in [-0.2, -0.15) is 0 Å². The molecule has 5 nitrogen and oxygen atoms in total. The number of non-ortho nitro benzene ring substituents is 1. The van der Waals surface area contributed by atoms with E-state index in [4.69, 9.17) is 0 Å². The Morgan fingerprint density at radius 2 is 2.00 bits per heavy atom. The minimum absolute atomic E-state index is 0. The van der Waals surface area contributed by atoms with E-state index in [0.717, 1.165) is 26.2 Å². The number of rotatable bonds is 4. The summed E-state index contributed by atoms with van der Waals surface area (Å²) in [4.78, 5) is 12.3. The number of hydrogen-bond acceptors (Lipinski definition) is 4. The molecule has 0 bridgehead atoms. The third-order valence-corrected chi connectivity index (χ3v) is 3.20. The number of piperazine rings is 1. The van der Waals surface area contributed by atoms with Crippen molar-refractivity contribution in [3.63, 3.8) is 0 Å². The summed E-state index contributed by atoms with van der Waals surface area (Å²) in [5, 5.41) is 13.9. The van der Waals surface area contributed by atoms with Crippen LogP contribution in [0.25, 0.3) is 0 Å². The summed E-state index contributed by atoms with van der Waals surface area (Å²) in [6.07, 6.45) is 0. The van der Waals surface area contributed by atoms with Crippen LogP contribution < -0.4 is 5.32 Å². The number of alkyl halides is 1. The molecule has 2 rings (SSSR count). The Hall–Kier alpha value is -0.950. The first-order valence-electron chi connectivity index (χ1n) is 5.97. The fraction of sp³-hybridized carbons (Fsp3) is 0.500. The van der Waals surface area contributed by atoms with Gasteiger partial charge >= 0.3 is 0 Å². The lowest BCUT2D eigenvalue weighted by molar-refractivity contribution is -0.385. The van der Waals surface area contributed by atoms with Crippen LogP contribution >= 0.6 is 24.8 Å². The lowest BCUT2D eigenvalue weighted by Gasteiger charge is -2.33. The zero-order valence-electron chi connectivity index (χ0n) is 10.8. The molecule has 114 valence electrons. The van der Waals surface area contributed by atoms with Crippen molar-refractivity contribution >= 4 is 30.5 Å². The normalized spacial score (nSPS) is 16.6. The molecule has 1 aromatic carbocycles. The van der Waals surface area contributed by atoms with Gasteiger partial charge in [0.15, 0.2) is 0 Å². The first-order valence-corrected chi connectivity index (χ1v) is 5.97. The van der Waals surface area contributed by atoms with Crippen LogP contribution in [0.1, 0.15) is 11.6 Å². The van der Waals surface area contributed by atoms with Crippen LogP contribution in [0.5, 0.6) is 0 Å². The van der Waals surface area contributed by atoms with Crippen molar-refractivity contribution in [2.45, 2.75) is 6.04 Å². The van der Waals surface area contributed by atoms with Crippen LogP contribution in [0.15, 0.2) is 24.3 Å². The summed E-state index contributed by atoms with van der Waals surface area (Å²) in [6, 6.07) is 5.87. The smallest absolute Gasteiger partial charge is 0.269 e. The van der Waals surface area contributed by atoms with Crippen LogP contribution in [-0.2, 0) is 0 Å². The summed E-state index contributed by atoms with van der Waals surface area (Å²) in [7, 11) is 0. The molecule has 0 spiro atoms. The number of hydrogen-bond donors (Lipinski definition) is 1. The summed E-state index contributed by atoms with van der Waals surface area (Å²) < 4.78 is 13.2. The Morgan fingerprint density at radius 1 is 1.35 bits per heavy atom. The maximum absolute atomic E-state index is 13.2. The second kappa shape index (κ2) is 9.07. The van der Waals surface area contributed by atoms with Gasteiger partial charge in [0.2, 0.25) is 0 Å². The molecule has 0 aliphatic carbocycles. The van der Waals surface area contributed by atoms with Gasteiger partial charge in [0.05, 0.1) is 11.0 Å². The van der Waals surface area contributed by atoms with Crippen molar-refractivity contribution < 1.29 is 9.31 Å². The fourth-order valence-electron chi connectivity index (χ4n) is 2.24. The van der Waals surface area contributed by atoms with Gasteiger partial charge in [-0.05, 0) is 5.56 Å². The summed E-state index contributed by atoms with van der Waals surface area (Å²) >= 11 is 0. The van der Waals surface area contributed by atoms with E-state index in [9.17, 15) is 14.5 Å². The van der Waals surface area contributed by atoms with Crippen molar-refractivity contribution in [3.8, 4) is 0 Å². The first kappa shape index (κ1) is 19.1. The Kier molecular flexibility index (Phi) is 8.64. The minimum Gasteiger partial charge on any atom is -0.314 e. The van der Waals surface area contributed by atoms with Gasteiger partial charge in [0.1, 0.15) is 6.67 Å². The lowest BCUT2D eigenvalue weighted by Crippen LogP contribution is -2.45. The monoisotopic (exact) mass is 325 g/mol. The number of benzene rings is 1. The molecule has 1 aliphatic rings.